The molecule has 1 aromatic carbocycles. The van der Waals surface area contributed by atoms with Gasteiger partial charge in [-0.15, -0.1) is 0 Å². The fourth-order valence-corrected chi connectivity index (χ4v) is 4.59. The maximum Gasteiger partial charge on any atom is 0.225 e. The number of rotatable bonds is 3. The third-order valence-electron chi connectivity index (χ3n) is 5.66. The molecule has 0 spiro atoms. The van der Waals surface area contributed by atoms with Crippen molar-refractivity contribution >= 4 is 17.5 Å². The summed E-state index contributed by atoms with van der Waals surface area (Å²) in [6.07, 6.45) is 5.28. The Morgan fingerprint density at radius 2 is 2.00 bits per heavy atom. The molecule has 5 nitrogen and oxygen atoms in total. The first kappa shape index (κ1) is 17.7. The van der Waals surface area contributed by atoms with Crippen LogP contribution in [-0.4, -0.2) is 47.4 Å². The van der Waals surface area contributed by atoms with E-state index in [1.165, 1.54) is 0 Å². The molecule has 2 aliphatic rings. The zero-order valence-electron chi connectivity index (χ0n) is 14.9. The summed E-state index contributed by atoms with van der Waals surface area (Å²) in [5, 5.41) is 14.2. The van der Waals surface area contributed by atoms with Gasteiger partial charge in [0.1, 0.15) is 0 Å². The fraction of sp³-hybridized carbons (Fsp3) is 0.500. The molecular weight excluding hydrogens is 348 g/mol. The lowest BCUT2D eigenvalue weighted by molar-refractivity contribution is 0.153. The zero-order chi connectivity index (χ0) is 18.0. The highest BCUT2D eigenvalue weighted by atomic mass is 35.5. The van der Waals surface area contributed by atoms with Gasteiger partial charge in [-0.05, 0) is 56.5 Å². The Labute approximate surface area is 159 Å². The minimum Gasteiger partial charge on any atom is -0.391 e. The number of β-amino-alcohol motifs (C(OH)–C–C–N with tert-alkyl or cyclic N) is 1. The second kappa shape index (κ2) is 7.51. The average molecular weight is 373 g/mol. The van der Waals surface area contributed by atoms with Crippen molar-refractivity contribution in [1.29, 1.82) is 0 Å². The van der Waals surface area contributed by atoms with Crippen LogP contribution in [-0.2, 0) is 5.41 Å². The maximum atomic E-state index is 10.0. The van der Waals surface area contributed by atoms with Gasteiger partial charge in [0, 0.05) is 29.7 Å². The highest BCUT2D eigenvalue weighted by Crippen LogP contribution is 2.42. The Morgan fingerprint density at radius 3 is 2.77 bits per heavy atom. The van der Waals surface area contributed by atoms with E-state index in [0.29, 0.717) is 12.5 Å². The largest absolute Gasteiger partial charge is 0.391 e. The van der Waals surface area contributed by atoms with E-state index in [4.69, 9.17) is 16.6 Å². The molecular formula is C20H25ClN4O. The normalized spacial score (nSPS) is 23.0. The van der Waals surface area contributed by atoms with Crippen LogP contribution in [0.3, 0.4) is 0 Å². The average Bonchev–Trinajstić information content (AvgIpc) is 2.69. The number of aliphatic hydroxyl groups is 1. The molecule has 4 rings (SSSR count). The van der Waals surface area contributed by atoms with E-state index in [9.17, 15) is 5.11 Å². The van der Waals surface area contributed by atoms with Crippen LogP contribution in [0.15, 0.2) is 36.5 Å². The van der Waals surface area contributed by atoms with E-state index in [0.717, 1.165) is 61.6 Å². The maximum absolute atomic E-state index is 10.0. The molecule has 6 heteroatoms. The number of benzene rings is 1. The van der Waals surface area contributed by atoms with Crippen LogP contribution in [0.4, 0.5) is 5.95 Å². The first-order chi connectivity index (χ1) is 12.7. The molecule has 0 unspecified atom stereocenters. The van der Waals surface area contributed by atoms with Crippen molar-refractivity contribution in [3.8, 4) is 0 Å². The van der Waals surface area contributed by atoms with Crippen LogP contribution in [0.2, 0.25) is 5.02 Å². The molecule has 1 aromatic heterocycles. The van der Waals surface area contributed by atoms with Gasteiger partial charge in [-0.3, -0.25) is 0 Å². The van der Waals surface area contributed by atoms with Crippen LogP contribution in [0.25, 0.3) is 0 Å². The topological polar surface area (TPSA) is 61.3 Å². The molecule has 2 N–H and O–H groups in total. The molecule has 0 saturated carbocycles. The minimum absolute atomic E-state index is 0.199. The second-order valence-corrected chi connectivity index (χ2v) is 7.70. The van der Waals surface area contributed by atoms with Crippen molar-refractivity contribution in [3.63, 3.8) is 0 Å². The van der Waals surface area contributed by atoms with Gasteiger partial charge in [-0.25, -0.2) is 9.97 Å². The lowest BCUT2D eigenvalue weighted by Gasteiger charge is -2.39. The molecule has 2 fully saturated rings. The summed E-state index contributed by atoms with van der Waals surface area (Å²) >= 11 is 6.60. The Morgan fingerprint density at radius 1 is 1.19 bits per heavy atom. The van der Waals surface area contributed by atoms with E-state index in [2.05, 4.69) is 21.3 Å². The number of halogens is 1. The number of piperidine rings is 2. The van der Waals surface area contributed by atoms with E-state index in [1.807, 2.05) is 30.5 Å². The predicted molar refractivity (Wildman–Crippen MR) is 104 cm³/mol. The second-order valence-electron chi connectivity index (χ2n) is 7.30. The zero-order valence-corrected chi connectivity index (χ0v) is 15.6. The minimum atomic E-state index is -0.299. The van der Waals surface area contributed by atoms with Gasteiger partial charge < -0.3 is 15.3 Å². The van der Waals surface area contributed by atoms with Crippen LogP contribution in [0.5, 0.6) is 0 Å². The Kier molecular flexibility index (Phi) is 5.11. The lowest BCUT2D eigenvalue weighted by atomic mass is 9.70. The molecule has 26 heavy (non-hydrogen) atoms. The number of nitrogens with one attached hydrogen (secondary N) is 1. The first-order valence-electron chi connectivity index (χ1n) is 9.41. The molecule has 0 radical (unpaired) electrons. The molecule has 2 aliphatic heterocycles. The van der Waals surface area contributed by atoms with Crippen LogP contribution in [0, 0.1) is 0 Å². The number of hydrogen-bond donors (Lipinski definition) is 2. The SMILES string of the molecule is O[C@@H]1CCCN(c2nccc(C3(c4ccccc4Cl)CCNCC3)n2)C1. The van der Waals surface area contributed by atoms with Crippen molar-refractivity contribution < 1.29 is 5.11 Å². The number of hydrogen-bond acceptors (Lipinski definition) is 5. The summed E-state index contributed by atoms with van der Waals surface area (Å²) in [6, 6.07) is 10.1. The summed E-state index contributed by atoms with van der Waals surface area (Å²) in [5.74, 6) is 0.714. The monoisotopic (exact) mass is 372 g/mol. The Hall–Kier alpha value is -1.69. The highest BCUT2D eigenvalue weighted by Gasteiger charge is 2.39. The summed E-state index contributed by atoms with van der Waals surface area (Å²) in [7, 11) is 0. The van der Waals surface area contributed by atoms with Crippen molar-refractivity contribution in [2.45, 2.75) is 37.2 Å². The number of aliphatic hydroxyl groups excluding tert-OH is 1. The highest BCUT2D eigenvalue weighted by molar-refractivity contribution is 6.31. The van der Waals surface area contributed by atoms with Crippen LogP contribution in [0.1, 0.15) is 36.9 Å². The molecule has 2 aromatic rings. The van der Waals surface area contributed by atoms with Gasteiger partial charge in [0.05, 0.1) is 11.8 Å². The summed E-state index contributed by atoms with van der Waals surface area (Å²) in [5.41, 5.74) is 1.97. The van der Waals surface area contributed by atoms with Crippen LogP contribution >= 0.6 is 11.6 Å². The van der Waals surface area contributed by atoms with Gasteiger partial charge in [0.25, 0.3) is 0 Å². The summed E-state index contributed by atoms with van der Waals surface area (Å²) in [4.78, 5) is 11.6. The number of aromatic nitrogens is 2. The van der Waals surface area contributed by atoms with Crippen molar-refractivity contribution in [3.05, 3.63) is 52.8 Å². The van der Waals surface area contributed by atoms with Crippen molar-refractivity contribution in [1.82, 2.24) is 15.3 Å². The molecule has 0 aliphatic carbocycles. The van der Waals surface area contributed by atoms with E-state index >= 15 is 0 Å². The summed E-state index contributed by atoms with van der Waals surface area (Å²) in [6.45, 7) is 3.37. The Bertz CT molecular complexity index is 763. The van der Waals surface area contributed by atoms with E-state index < -0.39 is 0 Å². The molecule has 138 valence electrons. The standard InChI is InChI=1S/C20H25ClN4O/c21-17-6-2-1-5-16(17)20(8-11-22-12-9-20)18-7-10-23-19(24-18)25-13-3-4-15(26)14-25/h1-2,5-7,10,15,22,26H,3-4,8-9,11-14H2/t15-/m1/s1. The lowest BCUT2D eigenvalue weighted by Crippen LogP contribution is -2.43. The van der Waals surface area contributed by atoms with Crippen LogP contribution < -0.4 is 10.2 Å². The quantitative estimate of drug-likeness (QED) is 0.867. The van der Waals surface area contributed by atoms with E-state index in [1.54, 1.807) is 0 Å². The molecule has 0 amide bonds. The molecule has 0 bridgehead atoms. The fourth-order valence-electron chi connectivity index (χ4n) is 4.27. The molecule has 3 heterocycles. The van der Waals surface area contributed by atoms with Gasteiger partial charge in [0.2, 0.25) is 5.95 Å². The third-order valence-corrected chi connectivity index (χ3v) is 5.99. The number of nitrogens with zero attached hydrogens (tertiary/aromatic N) is 3. The third kappa shape index (κ3) is 3.31. The van der Waals surface area contributed by atoms with E-state index in [-0.39, 0.29) is 11.5 Å². The predicted octanol–water partition coefficient (Wildman–Crippen LogP) is 2.76. The molecule has 2 saturated heterocycles. The van der Waals surface area contributed by atoms with Gasteiger partial charge >= 0.3 is 0 Å². The van der Waals surface area contributed by atoms with Crippen molar-refractivity contribution in [2.24, 2.45) is 0 Å². The van der Waals surface area contributed by atoms with Gasteiger partial charge in [-0.1, -0.05) is 29.8 Å². The smallest absolute Gasteiger partial charge is 0.225 e. The molecule has 1 atom stereocenters. The Balaban J connectivity index is 1.75. The summed E-state index contributed by atoms with van der Waals surface area (Å²) < 4.78 is 0. The first-order valence-corrected chi connectivity index (χ1v) is 9.79. The van der Waals surface area contributed by atoms with Crippen molar-refractivity contribution in [2.75, 3.05) is 31.1 Å². The van der Waals surface area contributed by atoms with Gasteiger partial charge in [0.15, 0.2) is 0 Å². The van der Waals surface area contributed by atoms with Gasteiger partial charge in [-0.2, -0.15) is 0 Å². The number of anilines is 1.